The minimum Gasteiger partial charge on any atom is -0.490 e. The molecule has 1 aromatic carbocycles. The Bertz CT molecular complexity index is 372. The van der Waals surface area contributed by atoms with Gasteiger partial charge in [0, 0.05) is 12.8 Å². The van der Waals surface area contributed by atoms with E-state index in [0.717, 1.165) is 17.1 Å². The van der Waals surface area contributed by atoms with Crippen LogP contribution in [0.15, 0.2) is 18.2 Å². The molecule has 0 bridgehead atoms. The van der Waals surface area contributed by atoms with Crippen molar-refractivity contribution in [1.29, 1.82) is 0 Å². The van der Waals surface area contributed by atoms with Crippen molar-refractivity contribution in [2.75, 3.05) is 13.2 Å². The first-order valence-electron chi connectivity index (χ1n) is 6.11. The molecule has 1 aromatic rings. The summed E-state index contributed by atoms with van der Waals surface area (Å²) in [7, 11) is 0. The number of ketones is 1. The van der Waals surface area contributed by atoms with Crippen molar-refractivity contribution >= 4 is 5.78 Å². The molecule has 0 radical (unpaired) electrons. The summed E-state index contributed by atoms with van der Waals surface area (Å²) >= 11 is 0. The Morgan fingerprint density at radius 3 is 2.29 bits per heavy atom. The van der Waals surface area contributed by atoms with Crippen molar-refractivity contribution in [2.24, 2.45) is 0 Å². The van der Waals surface area contributed by atoms with Crippen LogP contribution in [0.2, 0.25) is 0 Å². The van der Waals surface area contributed by atoms with Crippen molar-refractivity contribution in [2.45, 2.75) is 33.6 Å². The zero-order valence-corrected chi connectivity index (χ0v) is 10.8. The maximum Gasteiger partial charge on any atom is 0.161 e. The summed E-state index contributed by atoms with van der Waals surface area (Å²) in [5.74, 6) is 1.69. The molecule has 0 heterocycles. The highest BCUT2D eigenvalue weighted by atomic mass is 16.5. The molecule has 0 aliphatic carbocycles. The third-order valence-corrected chi connectivity index (χ3v) is 2.40. The molecule has 0 atom stereocenters. The van der Waals surface area contributed by atoms with Crippen LogP contribution in [0.1, 0.15) is 32.8 Å². The van der Waals surface area contributed by atoms with Crippen LogP contribution < -0.4 is 9.47 Å². The van der Waals surface area contributed by atoms with E-state index >= 15 is 0 Å². The van der Waals surface area contributed by atoms with Crippen molar-refractivity contribution in [3.63, 3.8) is 0 Å². The monoisotopic (exact) mass is 236 g/mol. The van der Waals surface area contributed by atoms with Gasteiger partial charge in [0.1, 0.15) is 5.78 Å². The fraction of sp³-hybridized carbons (Fsp3) is 0.500. The van der Waals surface area contributed by atoms with Crippen LogP contribution >= 0.6 is 0 Å². The zero-order chi connectivity index (χ0) is 12.7. The van der Waals surface area contributed by atoms with Crippen LogP contribution in [0, 0.1) is 0 Å². The number of benzene rings is 1. The summed E-state index contributed by atoms with van der Waals surface area (Å²) in [5.41, 5.74) is 0.976. The number of carbonyl (C=O) groups excluding carboxylic acids is 1. The number of rotatable bonds is 7. The molecule has 0 saturated carbocycles. The van der Waals surface area contributed by atoms with E-state index < -0.39 is 0 Å². The van der Waals surface area contributed by atoms with Crippen molar-refractivity contribution in [3.8, 4) is 11.5 Å². The van der Waals surface area contributed by atoms with Gasteiger partial charge in [0.25, 0.3) is 0 Å². The summed E-state index contributed by atoms with van der Waals surface area (Å²) in [5, 5.41) is 0. The maximum absolute atomic E-state index is 11.4. The van der Waals surface area contributed by atoms with Gasteiger partial charge < -0.3 is 9.47 Å². The number of ether oxygens (including phenoxy) is 2. The normalized spacial score (nSPS) is 10.1. The first kappa shape index (κ1) is 13.6. The Morgan fingerprint density at radius 2 is 1.71 bits per heavy atom. The van der Waals surface area contributed by atoms with Gasteiger partial charge in [-0.15, -0.1) is 0 Å². The molecule has 0 spiro atoms. The molecule has 0 fully saturated rings. The molecule has 0 unspecified atom stereocenters. The van der Waals surface area contributed by atoms with Crippen molar-refractivity contribution in [1.82, 2.24) is 0 Å². The summed E-state index contributed by atoms with van der Waals surface area (Å²) in [6, 6.07) is 5.68. The van der Waals surface area contributed by atoms with Gasteiger partial charge in [0.2, 0.25) is 0 Å². The Morgan fingerprint density at radius 1 is 1.06 bits per heavy atom. The fourth-order valence-corrected chi connectivity index (χ4v) is 1.56. The standard InChI is InChI=1S/C14H20O3/c1-4-12(15)9-11-7-8-13(16-5-2)14(10-11)17-6-3/h7-8,10H,4-6,9H2,1-3H3. The van der Waals surface area contributed by atoms with E-state index in [0.29, 0.717) is 26.1 Å². The third kappa shape index (κ3) is 4.10. The molecular formula is C14H20O3. The van der Waals surface area contributed by atoms with Crippen molar-refractivity contribution in [3.05, 3.63) is 23.8 Å². The molecule has 0 amide bonds. The van der Waals surface area contributed by atoms with Gasteiger partial charge in [-0.25, -0.2) is 0 Å². The minimum absolute atomic E-state index is 0.233. The number of Topliss-reactive ketones (excluding diaryl/α,β-unsaturated/α-hetero) is 1. The topological polar surface area (TPSA) is 35.5 Å². The van der Waals surface area contributed by atoms with Gasteiger partial charge in [-0.05, 0) is 31.5 Å². The second-order valence-corrected chi connectivity index (χ2v) is 3.72. The van der Waals surface area contributed by atoms with Crippen LogP contribution in [0.4, 0.5) is 0 Å². The number of hydrogen-bond acceptors (Lipinski definition) is 3. The lowest BCUT2D eigenvalue weighted by molar-refractivity contribution is -0.118. The van der Waals surface area contributed by atoms with Gasteiger partial charge in [-0.3, -0.25) is 4.79 Å². The van der Waals surface area contributed by atoms with Crippen LogP contribution in [-0.4, -0.2) is 19.0 Å². The lowest BCUT2D eigenvalue weighted by Gasteiger charge is -2.12. The molecule has 0 aromatic heterocycles. The summed E-state index contributed by atoms with van der Waals surface area (Å²) in [4.78, 5) is 11.4. The number of carbonyl (C=O) groups is 1. The molecule has 0 saturated heterocycles. The molecule has 1 rings (SSSR count). The zero-order valence-electron chi connectivity index (χ0n) is 10.8. The molecule has 0 aliphatic heterocycles. The van der Waals surface area contributed by atoms with Gasteiger partial charge in [0.15, 0.2) is 11.5 Å². The lowest BCUT2D eigenvalue weighted by Crippen LogP contribution is -2.03. The van der Waals surface area contributed by atoms with Gasteiger partial charge in [0.05, 0.1) is 13.2 Å². The molecule has 17 heavy (non-hydrogen) atoms. The lowest BCUT2D eigenvalue weighted by atomic mass is 10.1. The largest absolute Gasteiger partial charge is 0.490 e. The first-order chi connectivity index (χ1) is 8.21. The second kappa shape index (κ2) is 6.94. The first-order valence-corrected chi connectivity index (χ1v) is 6.11. The van der Waals surface area contributed by atoms with Crippen LogP contribution in [0.25, 0.3) is 0 Å². The molecule has 94 valence electrons. The highest BCUT2D eigenvalue weighted by molar-refractivity contribution is 5.80. The van der Waals surface area contributed by atoms with Gasteiger partial charge >= 0.3 is 0 Å². The fourth-order valence-electron chi connectivity index (χ4n) is 1.56. The second-order valence-electron chi connectivity index (χ2n) is 3.72. The van der Waals surface area contributed by atoms with Crippen LogP contribution in [0.3, 0.4) is 0 Å². The Labute approximate surface area is 103 Å². The van der Waals surface area contributed by atoms with Crippen LogP contribution in [-0.2, 0) is 11.2 Å². The molecule has 0 aliphatic rings. The van der Waals surface area contributed by atoms with Crippen molar-refractivity contribution < 1.29 is 14.3 Å². The predicted molar refractivity (Wildman–Crippen MR) is 67.8 cm³/mol. The summed E-state index contributed by atoms with van der Waals surface area (Å²) in [6.07, 6.45) is 1.03. The van der Waals surface area contributed by atoms with E-state index in [-0.39, 0.29) is 5.78 Å². The Kier molecular flexibility index (Phi) is 5.53. The van der Waals surface area contributed by atoms with Crippen LogP contribution in [0.5, 0.6) is 11.5 Å². The maximum atomic E-state index is 11.4. The number of hydrogen-bond donors (Lipinski definition) is 0. The summed E-state index contributed by atoms with van der Waals surface area (Å²) in [6.45, 7) is 6.93. The Balaban J connectivity index is 2.88. The quantitative estimate of drug-likeness (QED) is 0.730. The van der Waals surface area contributed by atoms with E-state index in [1.165, 1.54) is 0 Å². The van der Waals surface area contributed by atoms with E-state index in [2.05, 4.69) is 0 Å². The third-order valence-electron chi connectivity index (χ3n) is 2.40. The van der Waals surface area contributed by atoms with Gasteiger partial charge in [-0.1, -0.05) is 13.0 Å². The van der Waals surface area contributed by atoms with Gasteiger partial charge in [-0.2, -0.15) is 0 Å². The van der Waals surface area contributed by atoms with E-state index in [1.807, 2.05) is 39.0 Å². The minimum atomic E-state index is 0.233. The van der Waals surface area contributed by atoms with E-state index in [1.54, 1.807) is 0 Å². The van der Waals surface area contributed by atoms with E-state index in [9.17, 15) is 4.79 Å². The van der Waals surface area contributed by atoms with E-state index in [4.69, 9.17) is 9.47 Å². The SMILES string of the molecule is CCOc1ccc(CC(=O)CC)cc1OCC. The Hall–Kier alpha value is -1.51. The molecule has 3 nitrogen and oxygen atoms in total. The molecule has 0 N–H and O–H groups in total. The average molecular weight is 236 g/mol. The predicted octanol–water partition coefficient (Wildman–Crippen LogP) is 3.01. The summed E-state index contributed by atoms with van der Waals surface area (Å²) < 4.78 is 11.0. The smallest absolute Gasteiger partial charge is 0.161 e. The molecular weight excluding hydrogens is 216 g/mol. The molecule has 3 heteroatoms. The highest BCUT2D eigenvalue weighted by Crippen LogP contribution is 2.28. The average Bonchev–Trinajstić information content (AvgIpc) is 2.33. The highest BCUT2D eigenvalue weighted by Gasteiger charge is 2.08.